The van der Waals surface area contributed by atoms with Crippen molar-refractivity contribution in [3.8, 4) is 0 Å². The molecule has 0 aromatic carbocycles. The summed E-state index contributed by atoms with van der Waals surface area (Å²) in [5, 5.41) is 0. The molecule has 0 N–H and O–H groups in total. The Morgan fingerprint density at radius 3 is 1.08 bits per heavy atom. The van der Waals surface area contributed by atoms with Gasteiger partial charge in [-0.25, -0.2) is 0 Å². The Kier molecular flexibility index (Phi) is 53.4. The molecule has 12 heteroatoms. The minimum Gasteiger partial charge on any atom is -0.464 e. The molecule has 1 fully saturated rings. The van der Waals surface area contributed by atoms with Crippen molar-refractivity contribution in [2.45, 2.75) is 290 Å². The number of esters is 3. The van der Waals surface area contributed by atoms with Crippen LogP contribution in [0.5, 0.6) is 0 Å². The molecule has 12 nitrogen and oxygen atoms in total. The predicted octanol–water partition coefficient (Wildman–Crippen LogP) is 15.4. The van der Waals surface area contributed by atoms with Gasteiger partial charge in [0.05, 0.1) is 0 Å². The molecule has 460 valence electrons. The van der Waals surface area contributed by atoms with E-state index in [0.717, 1.165) is 181 Å². The van der Waals surface area contributed by atoms with E-state index >= 15 is 0 Å². The van der Waals surface area contributed by atoms with Gasteiger partial charge in [0.2, 0.25) is 0 Å². The average molecular weight is 1110 g/mol. The molecular formula is C67H124N4O8. The molecule has 0 radical (unpaired) electrons. The molecule has 2 unspecified atom stereocenters. The monoisotopic (exact) mass is 1110 g/mol. The second-order valence-electron chi connectivity index (χ2n) is 23.2. The summed E-state index contributed by atoms with van der Waals surface area (Å²) in [4.78, 5) is 69.2. The van der Waals surface area contributed by atoms with Gasteiger partial charge in [0.1, 0.15) is 32.4 Å². The zero-order chi connectivity index (χ0) is 57.3. The lowest BCUT2D eigenvalue weighted by molar-refractivity contribution is -0.146. The first-order valence-corrected chi connectivity index (χ1v) is 33.3. The van der Waals surface area contributed by atoms with Crippen molar-refractivity contribution in [2.75, 3.05) is 85.3 Å². The summed E-state index contributed by atoms with van der Waals surface area (Å²) >= 11 is 0. The molecule has 1 rings (SSSR count). The van der Waals surface area contributed by atoms with Crippen molar-refractivity contribution in [3.63, 3.8) is 0 Å². The fourth-order valence-electron chi connectivity index (χ4n) is 10.8. The maximum Gasteiger partial charge on any atom is 0.306 e. The van der Waals surface area contributed by atoms with Crippen molar-refractivity contribution >= 4 is 30.5 Å². The van der Waals surface area contributed by atoms with Crippen LogP contribution in [0.3, 0.4) is 0 Å². The Balaban J connectivity index is 2.42. The largest absolute Gasteiger partial charge is 0.464 e. The Labute approximate surface area is 486 Å². The molecule has 79 heavy (non-hydrogen) atoms. The lowest BCUT2D eigenvalue weighted by atomic mass is 10.1. The molecule has 0 aromatic heterocycles. The molecule has 0 saturated carbocycles. The first kappa shape index (κ1) is 74.1. The number of ether oxygens (including phenoxy) is 3. The lowest BCUT2D eigenvalue weighted by Crippen LogP contribution is -2.57. The van der Waals surface area contributed by atoms with Crippen LogP contribution in [0.2, 0.25) is 0 Å². The summed E-state index contributed by atoms with van der Waals surface area (Å²) in [6.07, 6.45) is 53.3. The van der Waals surface area contributed by atoms with Gasteiger partial charge in [0, 0.05) is 70.4 Å². The van der Waals surface area contributed by atoms with Crippen molar-refractivity contribution in [2.24, 2.45) is 0 Å². The molecule has 0 aliphatic carbocycles. The number of allylic oxidation sites excluding steroid dienone is 3. The van der Waals surface area contributed by atoms with Crippen LogP contribution in [-0.4, -0.2) is 147 Å². The van der Waals surface area contributed by atoms with Crippen LogP contribution in [0.1, 0.15) is 278 Å². The summed E-state index contributed by atoms with van der Waals surface area (Å²) in [5.74, 6) is -0.306. The number of hydrogen-bond donors (Lipinski definition) is 0. The van der Waals surface area contributed by atoms with E-state index in [9.17, 15) is 24.0 Å². The zero-order valence-corrected chi connectivity index (χ0v) is 51.9. The Bertz CT molecular complexity index is 1460. The minimum atomic E-state index is -0.117. The number of unbranched alkanes of at least 4 members (excludes halogenated alkanes) is 28. The van der Waals surface area contributed by atoms with Crippen molar-refractivity contribution in [3.05, 3.63) is 24.3 Å². The van der Waals surface area contributed by atoms with E-state index in [1.165, 1.54) is 116 Å². The number of carbonyl (C=O) groups is 5. The second kappa shape index (κ2) is 56.9. The molecule has 0 aromatic rings. The molecule has 1 aliphatic rings. The standard InChI is InChI=1S/C67H124N4O8/c1-5-7-9-11-13-14-15-16-17-18-19-20-28-36-48-69(51-39-31-26-27-35-45-65(74)77-58-42-34-25-12-10-8-6-2)53-44-47-67(76)79-60-55-71-62-63(3)70(61-64(71)4)54-59-78-66(75)46-43-52-68(49-37-29-21-23-32-40-56-72)50-38-30-22-24-33-41-57-73/h14-15,34,42,56-57,63-64H,5-13,16-33,35-41,43-55,58-62H2,1-4H3/b15-14-,42-34-. The number of rotatable bonds is 59. The van der Waals surface area contributed by atoms with Gasteiger partial charge in [-0.1, -0.05) is 160 Å². The molecule has 1 aliphatic heterocycles. The molecule has 2 atom stereocenters. The zero-order valence-electron chi connectivity index (χ0n) is 51.9. The molecule has 0 amide bonds. The SMILES string of the molecule is CCCCCC/C=C\CCCCCCCCN(CCCCCCCC(=O)OC/C=C\CCCCCC)CCCC(=O)OCCN1CC(C)N(CCOC(=O)CCCN(CCCCCCCC=O)CCCCCCCC=O)CC1C. The second-order valence-corrected chi connectivity index (χ2v) is 23.2. The van der Waals surface area contributed by atoms with Gasteiger partial charge < -0.3 is 33.6 Å². The third-order valence-electron chi connectivity index (χ3n) is 15.9. The van der Waals surface area contributed by atoms with E-state index < -0.39 is 0 Å². The van der Waals surface area contributed by atoms with Gasteiger partial charge in [-0.3, -0.25) is 24.2 Å². The van der Waals surface area contributed by atoms with Gasteiger partial charge >= 0.3 is 17.9 Å². The summed E-state index contributed by atoms with van der Waals surface area (Å²) < 4.78 is 17.0. The van der Waals surface area contributed by atoms with Crippen LogP contribution in [0.4, 0.5) is 0 Å². The molecule has 0 spiro atoms. The Morgan fingerprint density at radius 2 is 0.684 bits per heavy atom. The average Bonchev–Trinajstić information content (AvgIpc) is 3.43. The smallest absolute Gasteiger partial charge is 0.306 e. The first-order valence-electron chi connectivity index (χ1n) is 33.3. The third kappa shape index (κ3) is 48.3. The van der Waals surface area contributed by atoms with E-state index in [4.69, 9.17) is 14.2 Å². The van der Waals surface area contributed by atoms with Crippen LogP contribution >= 0.6 is 0 Å². The summed E-state index contributed by atoms with van der Waals surface area (Å²) in [5.41, 5.74) is 0. The van der Waals surface area contributed by atoms with Gasteiger partial charge in [0.25, 0.3) is 0 Å². The maximum absolute atomic E-state index is 13.0. The predicted molar refractivity (Wildman–Crippen MR) is 330 cm³/mol. The molecule has 1 saturated heterocycles. The fourth-order valence-corrected chi connectivity index (χ4v) is 10.8. The van der Waals surface area contributed by atoms with Crippen molar-refractivity contribution in [1.29, 1.82) is 0 Å². The Hall–Kier alpha value is -2.93. The summed E-state index contributed by atoms with van der Waals surface area (Å²) in [7, 11) is 0. The minimum absolute atomic E-state index is 0.0867. The molecule has 1 heterocycles. The summed E-state index contributed by atoms with van der Waals surface area (Å²) in [6.45, 7) is 19.4. The van der Waals surface area contributed by atoms with E-state index in [1.807, 2.05) is 6.08 Å². The first-order chi connectivity index (χ1) is 38.7. The summed E-state index contributed by atoms with van der Waals surface area (Å²) in [6, 6.07) is 0.618. The number of carbonyl (C=O) groups excluding carboxylic acids is 5. The molecule has 0 bridgehead atoms. The van der Waals surface area contributed by atoms with Gasteiger partial charge in [-0.05, 0) is 149 Å². The number of aldehydes is 2. The highest BCUT2D eigenvalue weighted by Gasteiger charge is 2.29. The number of piperazine rings is 1. The van der Waals surface area contributed by atoms with Crippen LogP contribution in [0.15, 0.2) is 24.3 Å². The number of nitrogens with zero attached hydrogens (tertiary/aromatic N) is 4. The van der Waals surface area contributed by atoms with Gasteiger partial charge in [-0.15, -0.1) is 0 Å². The number of hydrogen-bond acceptors (Lipinski definition) is 12. The topological polar surface area (TPSA) is 126 Å². The van der Waals surface area contributed by atoms with Crippen molar-refractivity contribution < 1.29 is 38.2 Å². The van der Waals surface area contributed by atoms with Gasteiger partial charge in [0.15, 0.2) is 0 Å². The molecular weight excluding hydrogens is 989 g/mol. The lowest BCUT2D eigenvalue weighted by Gasteiger charge is -2.44. The Morgan fingerprint density at radius 1 is 0.380 bits per heavy atom. The van der Waals surface area contributed by atoms with Crippen molar-refractivity contribution in [1.82, 2.24) is 19.6 Å². The van der Waals surface area contributed by atoms with Crippen LogP contribution < -0.4 is 0 Å². The van der Waals surface area contributed by atoms with Crippen LogP contribution in [0, 0.1) is 0 Å². The highest BCUT2D eigenvalue weighted by Crippen LogP contribution is 2.17. The van der Waals surface area contributed by atoms with Gasteiger partial charge in [-0.2, -0.15) is 0 Å². The quantitative estimate of drug-likeness (QED) is 0.0189. The van der Waals surface area contributed by atoms with E-state index in [-0.39, 0.29) is 17.9 Å². The van der Waals surface area contributed by atoms with Crippen LogP contribution in [0.25, 0.3) is 0 Å². The fraction of sp³-hybridized carbons (Fsp3) is 0.866. The normalized spacial score (nSPS) is 15.3. The third-order valence-corrected chi connectivity index (χ3v) is 15.9. The van der Waals surface area contributed by atoms with Crippen LogP contribution in [-0.2, 0) is 38.2 Å². The van der Waals surface area contributed by atoms with E-state index in [2.05, 4.69) is 65.5 Å². The highest BCUT2D eigenvalue weighted by molar-refractivity contribution is 5.70. The van der Waals surface area contributed by atoms with E-state index in [1.54, 1.807) is 0 Å². The van der Waals surface area contributed by atoms with E-state index in [0.29, 0.717) is 64.0 Å². The maximum atomic E-state index is 13.0. The highest BCUT2D eigenvalue weighted by atomic mass is 16.5.